The van der Waals surface area contributed by atoms with Crippen molar-refractivity contribution in [2.24, 2.45) is 0 Å². The van der Waals surface area contributed by atoms with Crippen molar-refractivity contribution in [3.63, 3.8) is 0 Å². The van der Waals surface area contributed by atoms with Crippen LogP contribution in [0.25, 0.3) is 23.3 Å². The van der Waals surface area contributed by atoms with Crippen LogP contribution in [0, 0.1) is 0 Å². The van der Waals surface area contributed by atoms with E-state index in [9.17, 15) is 9.59 Å². The number of nitrogens with zero attached hydrogens (tertiary/aromatic N) is 4. The first-order valence-corrected chi connectivity index (χ1v) is 16.1. The van der Waals surface area contributed by atoms with Gasteiger partial charge in [-0.15, -0.1) is 0 Å². The summed E-state index contributed by atoms with van der Waals surface area (Å²) in [7, 11) is 0. The van der Waals surface area contributed by atoms with E-state index in [0.717, 1.165) is 31.2 Å². The Morgan fingerprint density at radius 2 is 1.52 bits per heavy atom. The van der Waals surface area contributed by atoms with Crippen LogP contribution in [-0.4, -0.2) is 62.5 Å². The quantitative estimate of drug-likeness (QED) is 0.166. The molecule has 0 radical (unpaired) electrons. The maximum Gasteiger partial charge on any atom is 0.338 e. The molecular formula is C37H34FN5O5. The molecule has 244 valence electrons. The summed E-state index contributed by atoms with van der Waals surface area (Å²) < 4.78 is 35.5. The molecule has 0 bridgehead atoms. The van der Waals surface area contributed by atoms with Crippen molar-refractivity contribution >= 4 is 41.1 Å². The van der Waals surface area contributed by atoms with Crippen LogP contribution in [0.4, 0.5) is 10.2 Å². The molecular weight excluding hydrogens is 613 g/mol. The monoisotopic (exact) mass is 647 g/mol. The highest BCUT2D eigenvalue weighted by atomic mass is 19.1. The van der Waals surface area contributed by atoms with Gasteiger partial charge in [0, 0.05) is 6.04 Å². The zero-order valence-electron chi connectivity index (χ0n) is 26.0. The smallest absolute Gasteiger partial charge is 0.338 e. The molecule has 2 aromatic heterocycles. The molecule has 48 heavy (non-hydrogen) atoms. The van der Waals surface area contributed by atoms with Gasteiger partial charge < -0.3 is 19.5 Å². The van der Waals surface area contributed by atoms with E-state index in [1.165, 1.54) is 10.9 Å². The average molecular weight is 648 g/mol. The highest BCUT2D eigenvalue weighted by Crippen LogP contribution is 2.37. The van der Waals surface area contributed by atoms with Gasteiger partial charge in [-0.05, 0) is 48.7 Å². The number of carbonyl (C=O) groups excluding carboxylic acids is 2. The molecule has 0 unspecified atom stereocenters. The number of nitrogens with one attached hydrogen (secondary N) is 1. The van der Waals surface area contributed by atoms with E-state index in [2.05, 4.69) is 10.3 Å². The largest absolute Gasteiger partial charge is 0.459 e. The maximum atomic E-state index is 16.6. The molecule has 1 saturated carbocycles. The van der Waals surface area contributed by atoms with Crippen molar-refractivity contribution < 1.29 is 28.2 Å². The van der Waals surface area contributed by atoms with E-state index < -0.39 is 36.5 Å². The first-order chi connectivity index (χ1) is 23.5. The van der Waals surface area contributed by atoms with Gasteiger partial charge in [-0.2, -0.15) is 0 Å². The third kappa shape index (κ3) is 6.82. The second-order valence-corrected chi connectivity index (χ2v) is 11.8. The number of alkyl halides is 1. The Morgan fingerprint density at radius 3 is 2.21 bits per heavy atom. The average Bonchev–Trinajstić information content (AvgIpc) is 3.87. The summed E-state index contributed by atoms with van der Waals surface area (Å²) >= 11 is 0. The minimum atomic E-state index is -1.85. The van der Waals surface area contributed by atoms with Crippen LogP contribution in [0.3, 0.4) is 0 Å². The zero-order chi connectivity index (χ0) is 32.9. The number of aromatic nitrogens is 4. The van der Waals surface area contributed by atoms with Gasteiger partial charge in [0.1, 0.15) is 12.7 Å². The van der Waals surface area contributed by atoms with E-state index in [1.54, 1.807) is 66.7 Å². The predicted octanol–water partition coefficient (Wildman–Crippen LogP) is 6.67. The van der Waals surface area contributed by atoms with E-state index in [1.807, 2.05) is 36.4 Å². The Hall–Kier alpha value is -5.42. The zero-order valence-corrected chi connectivity index (χ0v) is 26.0. The van der Waals surface area contributed by atoms with Gasteiger partial charge in [0.15, 0.2) is 41.3 Å². The molecule has 0 spiro atoms. The molecule has 4 atom stereocenters. The highest BCUT2D eigenvalue weighted by Gasteiger charge is 2.50. The number of esters is 2. The van der Waals surface area contributed by atoms with Crippen molar-refractivity contribution in [2.45, 2.75) is 56.3 Å². The first-order valence-electron chi connectivity index (χ1n) is 16.1. The topological polar surface area (TPSA) is 117 Å². The third-order valence-electron chi connectivity index (χ3n) is 8.54. The van der Waals surface area contributed by atoms with Gasteiger partial charge in [0.25, 0.3) is 0 Å². The predicted molar refractivity (Wildman–Crippen MR) is 178 cm³/mol. The maximum absolute atomic E-state index is 16.6. The fraction of sp³-hybridized carbons (Fsp3) is 0.270. The Labute approximate surface area is 276 Å². The molecule has 10 nitrogen and oxygen atoms in total. The minimum Gasteiger partial charge on any atom is -0.459 e. The third-order valence-corrected chi connectivity index (χ3v) is 8.54. The number of hydrogen-bond donors (Lipinski definition) is 1. The van der Waals surface area contributed by atoms with Crippen molar-refractivity contribution in [1.29, 1.82) is 0 Å². The Kier molecular flexibility index (Phi) is 9.19. The second-order valence-electron chi connectivity index (χ2n) is 11.8. The lowest BCUT2D eigenvalue weighted by atomic mass is 10.1. The number of carbonyl (C=O) groups is 2. The molecule has 1 N–H and O–H groups in total. The summed E-state index contributed by atoms with van der Waals surface area (Å²) in [6.45, 7) is -0.349. The molecule has 0 amide bonds. The first kappa shape index (κ1) is 31.2. The fourth-order valence-corrected chi connectivity index (χ4v) is 6.07. The summed E-state index contributed by atoms with van der Waals surface area (Å²) in [4.78, 5) is 40.0. The molecule has 11 heteroatoms. The Bertz CT molecular complexity index is 1900. The van der Waals surface area contributed by atoms with E-state index in [4.69, 9.17) is 24.2 Å². The second kappa shape index (κ2) is 14.1. The van der Waals surface area contributed by atoms with Crippen molar-refractivity contribution in [3.05, 3.63) is 120 Å². The van der Waals surface area contributed by atoms with Crippen molar-refractivity contribution in [1.82, 2.24) is 19.5 Å². The highest BCUT2D eigenvalue weighted by molar-refractivity contribution is 5.90. The number of fused-ring (bicyclic) bond motifs is 1. The number of imidazole rings is 1. The number of benzene rings is 3. The number of anilines is 1. The van der Waals surface area contributed by atoms with Crippen LogP contribution in [0.1, 0.15) is 64.0 Å². The lowest BCUT2D eigenvalue weighted by Crippen LogP contribution is -2.37. The number of rotatable bonds is 10. The minimum absolute atomic E-state index is 0.237. The van der Waals surface area contributed by atoms with E-state index in [0.29, 0.717) is 28.4 Å². The summed E-state index contributed by atoms with van der Waals surface area (Å²) in [5.74, 6) is -0.375. The van der Waals surface area contributed by atoms with Crippen molar-refractivity contribution in [3.8, 4) is 0 Å². The number of hydrogen-bond acceptors (Lipinski definition) is 9. The Morgan fingerprint density at radius 1 is 0.875 bits per heavy atom. The summed E-state index contributed by atoms with van der Waals surface area (Å²) in [6, 6.07) is 26.8. The van der Waals surface area contributed by atoms with E-state index in [-0.39, 0.29) is 18.2 Å². The van der Waals surface area contributed by atoms with Crippen LogP contribution in [0.5, 0.6) is 0 Å². The standard InChI is InChI=1S/C37H34FN5O5/c38-30-32(48-37(45)26-16-8-3-9-17-26)28(22-46-36(44)25-14-6-2-7-15-25)47-35(30)43-23-39-31-33(40-27-18-10-11-19-27)41-29(42-34(31)43)21-20-24-12-4-1-5-13-24/h1-9,12-17,20-21,23,27-28,30,32,35H,10-11,18-19,22H2,(H,40,41,42)/b21-20+/t28-,30+,32-,35-/m1/s1. The van der Waals surface area contributed by atoms with Gasteiger partial charge in [0.05, 0.1) is 17.5 Å². The molecule has 1 aliphatic carbocycles. The molecule has 3 heterocycles. The van der Waals surface area contributed by atoms with Gasteiger partial charge in [0.2, 0.25) is 0 Å². The van der Waals surface area contributed by atoms with Crippen LogP contribution < -0.4 is 5.32 Å². The molecule has 5 aromatic rings. The molecule has 1 aliphatic heterocycles. The molecule has 7 rings (SSSR count). The van der Waals surface area contributed by atoms with Gasteiger partial charge in [-0.3, -0.25) is 4.57 Å². The van der Waals surface area contributed by atoms with Gasteiger partial charge in [-0.25, -0.2) is 28.9 Å². The lowest BCUT2D eigenvalue weighted by Gasteiger charge is -2.19. The number of halogens is 1. The summed E-state index contributed by atoms with van der Waals surface area (Å²) in [5, 5.41) is 3.53. The van der Waals surface area contributed by atoms with Crippen LogP contribution in [-0.2, 0) is 14.2 Å². The molecule has 3 aromatic carbocycles. The van der Waals surface area contributed by atoms with Crippen molar-refractivity contribution in [2.75, 3.05) is 11.9 Å². The summed E-state index contributed by atoms with van der Waals surface area (Å²) in [6.07, 6.45) is 3.79. The normalized spacial score (nSPS) is 21.1. The van der Waals surface area contributed by atoms with Gasteiger partial charge >= 0.3 is 11.9 Å². The fourth-order valence-electron chi connectivity index (χ4n) is 6.07. The van der Waals surface area contributed by atoms with Crippen LogP contribution >= 0.6 is 0 Å². The SMILES string of the molecule is O=C(OC[C@H]1O[C@@H](n2cnc3c(NC4CCCC4)nc(/C=C/c4ccccc4)nc32)[C@@H](F)[C@@H]1OC(=O)c1ccccc1)c1ccccc1. The number of ether oxygens (including phenoxy) is 3. The molecule has 2 fully saturated rings. The van der Waals surface area contributed by atoms with Gasteiger partial charge in [-0.1, -0.05) is 85.6 Å². The van der Waals surface area contributed by atoms with E-state index >= 15 is 4.39 Å². The lowest BCUT2D eigenvalue weighted by molar-refractivity contribution is -0.0570. The summed E-state index contributed by atoms with van der Waals surface area (Å²) in [5.41, 5.74) is 2.37. The van der Waals surface area contributed by atoms with Crippen LogP contribution in [0.15, 0.2) is 97.3 Å². The molecule has 2 aliphatic rings. The Balaban J connectivity index is 1.21. The molecule has 1 saturated heterocycles. The van der Waals surface area contributed by atoms with Crippen LogP contribution in [0.2, 0.25) is 0 Å².